The predicted molar refractivity (Wildman–Crippen MR) is 191 cm³/mol. The van der Waals surface area contributed by atoms with Gasteiger partial charge in [0.05, 0.1) is 4.88 Å². The number of benzene rings is 5. The topological polar surface area (TPSA) is 9.23 Å². The number of thiophene rings is 1. The van der Waals surface area contributed by atoms with Crippen LogP contribution in [0.25, 0.3) is 44.0 Å². The Bertz CT molecular complexity index is 2320. The summed E-state index contributed by atoms with van der Waals surface area (Å²) in [5.41, 5.74) is 19.4. The van der Waals surface area contributed by atoms with Gasteiger partial charge >= 0.3 is 0 Å². The van der Waals surface area contributed by atoms with Crippen LogP contribution in [0.1, 0.15) is 28.8 Å². The standard InChI is InChI=1S/C42H27BOS/c1-2-13-28(14-3-1)29-15-10-16-30(27-29)31-18-11-20-34-35-21-12-19-33(42(35)45-41(31)34)32-17-4-5-22-36(32)43-37-23-6-8-25-39(37)44-40-26-9-7-24-38(40)43/h1-6,8-11,13-18,20-23,25-27H,7,24H2. The molecule has 0 N–H and O–H groups in total. The summed E-state index contributed by atoms with van der Waals surface area (Å²) < 4.78 is 7.71. The lowest BCUT2D eigenvalue weighted by molar-refractivity contribution is 0.436. The summed E-state index contributed by atoms with van der Waals surface area (Å²) in [6.45, 7) is 0.125. The van der Waals surface area contributed by atoms with Crippen molar-refractivity contribution >= 4 is 50.7 Å². The third-order valence-corrected chi connectivity index (χ3v) is 10.5. The highest BCUT2D eigenvalue weighted by atomic mass is 32.1. The van der Waals surface area contributed by atoms with E-state index in [1.807, 2.05) is 11.3 Å². The maximum Gasteiger partial charge on any atom is 0.247 e. The fourth-order valence-electron chi connectivity index (χ4n) is 7.11. The van der Waals surface area contributed by atoms with Crippen molar-refractivity contribution in [3.8, 4) is 28.0 Å². The van der Waals surface area contributed by atoms with E-state index in [0.717, 1.165) is 29.9 Å². The maximum absolute atomic E-state index is 6.42. The highest BCUT2D eigenvalue weighted by Gasteiger charge is 2.36. The molecule has 2 aliphatic carbocycles. The number of allylic oxidation sites excluding steroid dienone is 3. The first kappa shape index (κ1) is 26.1. The Morgan fingerprint density at radius 1 is 0.689 bits per heavy atom. The molecule has 0 unspecified atom stereocenters. The molecule has 0 amide bonds. The zero-order chi connectivity index (χ0) is 29.7. The largest absolute Gasteiger partial charge is 0.459 e. The average molecular weight is 591 g/mol. The monoisotopic (exact) mass is 590 g/mol. The van der Waals surface area contributed by atoms with E-state index in [9.17, 15) is 0 Å². The molecule has 3 aliphatic rings. The van der Waals surface area contributed by atoms with Crippen molar-refractivity contribution in [2.75, 3.05) is 0 Å². The number of fused-ring (bicyclic) bond motifs is 4. The van der Waals surface area contributed by atoms with Gasteiger partial charge < -0.3 is 4.74 Å². The third-order valence-electron chi connectivity index (χ3n) is 9.18. The molecule has 0 radical (unpaired) electrons. The first-order chi connectivity index (χ1) is 22.3. The van der Waals surface area contributed by atoms with E-state index in [0.29, 0.717) is 0 Å². The lowest BCUT2D eigenvalue weighted by Crippen LogP contribution is -2.49. The average Bonchev–Trinajstić information content (AvgIpc) is 3.50. The van der Waals surface area contributed by atoms with Crippen molar-refractivity contribution in [3.05, 3.63) is 172 Å². The summed E-state index contributed by atoms with van der Waals surface area (Å²) in [6.07, 6.45) is 8.52. The van der Waals surface area contributed by atoms with Crippen LogP contribution in [0.3, 0.4) is 0 Å². The Kier molecular flexibility index (Phi) is 6.22. The van der Waals surface area contributed by atoms with Crippen LogP contribution in [0, 0.1) is 0 Å². The zero-order valence-corrected chi connectivity index (χ0v) is 25.4. The van der Waals surface area contributed by atoms with Crippen molar-refractivity contribution < 1.29 is 4.74 Å². The Balaban J connectivity index is 1.20. The Morgan fingerprint density at radius 3 is 2.38 bits per heavy atom. The fourth-order valence-corrected chi connectivity index (χ4v) is 8.44. The van der Waals surface area contributed by atoms with E-state index in [4.69, 9.17) is 4.74 Å². The molecule has 210 valence electrons. The third kappa shape index (κ3) is 4.33. The first-order valence-electron chi connectivity index (χ1n) is 15.5. The highest BCUT2D eigenvalue weighted by molar-refractivity contribution is 7.21. The number of hydrogen-bond acceptors (Lipinski definition) is 2. The van der Waals surface area contributed by atoms with E-state index >= 15 is 0 Å². The molecule has 5 aromatic carbocycles. The van der Waals surface area contributed by atoms with E-state index < -0.39 is 0 Å². The molecule has 1 aromatic heterocycles. The Labute approximate surface area is 267 Å². The molecule has 0 atom stereocenters. The lowest BCUT2D eigenvalue weighted by Gasteiger charge is -2.31. The molecule has 3 heteroatoms. The zero-order valence-electron chi connectivity index (χ0n) is 24.6. The predicted octanol–water partition coefficient (Wildman–Crippen LogP) is 9.59. The van der Waals surface area contributed by atoms with Gasteiger partial charge in [0, 0.05) is 21.2 Å². The molecule has 0 saturated heterocycles. The number of hydrogen-bond donors (Lipinski definition) is 0. The minimum atomic E-state index is 0.125. The summed E-state index contributed by atoms with van der Waals surface area (Å²) in [6, 6.07) is 43.6. The van der Waals surface area contributed by atoms with Crippen molar-refractivity contribution in [1.82, 2.24) is 0 Å². The second-order valence-electron chi connectivity index (χ2n) is 11.8. The molecular formula is C42H27BOS. The van der Waals surface area contributed by atoms with Gasteiger partial charge in [0.2, 0.25) is 6.71 Å². The van der Waals surface area contributed by atoms with Gasteiger partial charge in [-0.15, -0.1) is 11.3 Å². The van der Waals surface area contributed by atoms with Gasteiger partial charge in [-0.2, -0.15) is 0 Å². The molecule has 45 heavy (non-hydrogen) atoms. The molecule has 6 aromatic rings. The van der Waals surface area contributed by atoms with Crippen molar-refractivity contribution in [1.29, 1.82) is 0 Å². The van der Waals surface area contributed by atoms with Crippen LogP contribution in [-0.4, -0.2) is 6.71 Å². The van der Waals surface area contributed by atoms with Gasteiger partial charge in [-0.3, -0.25) is 0 Å². The van der Waals surface area contributed by atoms with E-state index in [1.54, 1.807) is 0 Å². The maximum atomic E-state index is 6.42. The molecule has 0 bridgehead atoms. The minimum Gasteiger partial charge on any atom is -0.459 e. The lowest BCUT2D eigenvalue weighted by atomic mass is 9.33. The van der Waals surface area contributed by atoms with Crippen molar-refractivity contribution in [3.63, 3.8) is 0 Å². The van der Waals surface area contributed by atoms with E-state index in [-0.39, 0.29) is 6.71 Å². The van der Waals surface area contributed by atoms with Gasteiger partial charge in [-0.05, 0) is 75.9 Å². The first-order valence-corrected chi connectivity index (χ1v) is 16.3. The molecule has 0 saturated carbocycles. The van der Waals surface area contributed by atoms with Gasteiger partial charge in [0.1, 0.15) is 11.5 Å². The van der Waals surface area contributed by atoms with Crippen LogP contribution in [0.5, 0.6) is 5.75 Å². The quantitative estimate of drug-likeness (QED) is 0.147. The van der Waals surface area contributed by atoms with Crippen LogP contribution in [0.4, 0.5) is 0 Å². The summed E-state index contributed by atoms with van der Waals surface area (Å²) in [7, 11) is 0. The minimum absolute atomic E-state index is 0.125. The highest BCUT2D eigenvalue weighted by Crippen LogP contribution is 2.44. The Hall–Kier alpha value is -5.30. The normalized spacial score (nSPS) is 14.6. The molecule has 9 rings (SSSR count). The van der Waals surface area contributed by atoms with Crippen LogP contribution in [0.2, 0.25) is 0 Å². The van der Waals surface area contributed by atoms with E-state index in [2.05, 4.69) is 151 Å². The molecule has 2 heterocycles. The Morgan fingerprint density at radius 2 is 1.44 bits per heavy atom. The summed E-state index contributed by atoms with van der Waals surface area (Å²) in [5.74, 6) is 1.94. The second-order valence-corrected chi connectivity index (χ2v) is 12.8. The van der Waals surface area contributed by atoms with Crippen molar-refractivity contribution in [2.24, 2.45) is 0 Å². The fraction of sp³-hybridized carbons (Fsp3) is 0.0476. The van der Waals surface area contributed by atoms with Crippen molar-refractivity contribution in [2.45, 2.75) is 12.8 Å². The molecular weight excluding hydrogens is 563 g/mol. The summed E-state index contributed by atoms with van der Waals surface area (Å²) in [4.78, 5) is 1.25. The van der Waals surface area contributed by atoms with Gasteiger partial charge in [0.15, 0.2) is 0 Å². The summed E-state index contributed by atoms with van der Waals surface area (Å²) in [5, 5.41) is 1.26. The second kappa shape index (κ2) is 10.7. The molecule has 1 aliphatic heterocycles. The smallest absolute Gasteiger partial charge is 0.247 e. The van der Waals surface area contributed by atoms with Gasteiger partial charge in [0.25, 0.3) is 0 Å². The van der Waals surface area contributed by atoms with Crippen LogP contribution >= 0.6 is 11.3 Å². The molecule has 0 fully saturated rings. The van der Waals surface area contributed by atoms with E-state index in [1.165, 1.54) is 64.7 Å². The SMILES string of the molecule is C1=C=C(c2ccccc2B2C3=C(C=CCC3)Oc3ccccc32)c2sc3c(-c4cccc(-c5ccccc5)c4)cccc3c2C=1. The summed E-state index contributed by atoms with van der Waals surface area (Å²) >= 11 is 1.87. The number of para-hydroxylation sites is 1. The van der Waals surface area contributed by atoms with Gasteiger partial charge in [-0.1, -0.05) is 132 Å². The van der Waals surface area contributed by atoms with Crippen LogP contribution in [-0.2, 0) is 0 Å². The number of ether oxygens (including phenoxy) is 1. The van der Waals surface area contributed by atoms with Gasteiger partial charge in [-0.25, -0.2) is 0 Å². The molecule has 0 spiro atoms. The molecule has 1 nitrogen and oxygen atoms in total. The van der Waals surface area contributed by atoms with Crippen LogP contribution < -0.4 is 15.7 Å². The van der Waals surface area contributed by atoms with Crippen LogP contribution in [0.15, 0.2) is 156 Å². The number of rotatable bonds is 4.